The topological polar surface area (TPSA) is 57.5 Å². The number of anilines is 1. The van der Waals surface area contributed by atoms with Gasteiger partial charge in [0.25, 0.3) is 0 Å². The normalized spacial score (nSPS) is 15.5. The summed E-state index contributed by atoms with van der Waals surface area (Å²) in [6.45, 7) is 4.88. The molecule has 0 unspecified atom stereocenters. The smallest absolute Gasteiger partial charge is 0.191 e. The molecule has 2 aromatic heterocycles. The molecule has 1 fully saturated rings. The van der Waals surface area contributed by atoms with Crippen LogP contribution in [-0.4, -0.2) is 41.7 Å². The maximum Gasteiger partial charge on any atom is 0.191 e. The highest BCUT2D eigenvalue weighted by molar-refractivity contribution is 14.0. The van der Waals surface area contributed by atoms with Gasteiger partial charge in [0.15, 0.2) is 5.96 Å². The molecule has 2 N–H and O–H groups in total. The number of rotatable bonds is 4. The molecule has 2 aromatic rings. The van der Waals surface area contributed by atoms with E-state index in [1.165, 1.54) is 11.3 Å². The van der Waals surface area contributed by atoms with Crippen LogP contribution in [0.2, 0.25) is 0 Å². The number of halogens is 1. The van der Waals surface area contributed by atoms with Crippen LogP contribution in [0.1, 0.15) is 24.1 Å². The Hall–Kier alpha value is -1.77. The zero-order chi connectivity index (χ0) is 17.6. The summed E-state index contributed by atoms with van der Waals surface area (Å²) in [5.74, 6) is 1.95. The molecular formula is C19H29IN6. The summed E-state index contributed by atoms with van der Waals surface area (Å²) >= 11 is 0. The van der Waals surface area contributed by atoms with Gasteiger partial charge in [-0.05, 0) is 43.5 Å². The lowest BCUT2D eigenvalue weighted by molar-refractivity contribution is 0.459. The highest BCUT2D eigenvalue weighted by Gasteiger charge is 2.20. The summed E-state index contributed by atoms with van der Waals surface area (Å²) in [6, 6.07) is 8.86. The molecular weight excluding hydrogens is 439 g/mol. The molecule has 142 valence electrons. The quantitative estimate of drug-likeness (QED) is 0.412. The molecule has 0 spiro atoms. The zero-order valence-corrected chi connectivity index (χ0v) is 18.1. The minimum atomic E-state index is 0. The van der Waals surface area contributed by atoms with Gasteiger partial charge in [-0.3, -0.25) is 4.99 Å². The van der Waals surface area contributed by atoms with E-state index in [1.807, 2.05) is 13.2 Å². The largest absolute Gasteiger partial charge is 0.356 e. The molecule has 6 nitrogen and oxygen atoms in total. The monoisotopic (exact) mass is 468 g/mol. The molecule has 0 bridgehead atoms. The fraction of sp³-hybridized carbons (Fsp3) is 0.474. The van der Waals surface area contributed by atoms with Crippen molar-refractivity contribution in [1.82, 2.24) is 20.2 Å². The second-order valence-electron chi connectivity index (χ2n) is 6.64. The van der Waals surface area contributed by atoms with Crippen LogP contribution in [0, 0.1) is 6.92 Å². The molecule has 3 rings (SSSR count). The van der Waals surface area contributed by atoms with Crippen molar-refractivity contribution in [2.45, 2.75) is 32.4 Å². The van der Waals surface area contributed by atoms with Crippen LogP contribution in [0.5, 0.6) is 0 Å². The first kappa shape index (κ1) is 20.5. The van der Waals surface area contributed by atoms with E-state index in [0.29, 0.717) is 6.04 Å². The van der Waals surface area contributed by atoms with Crippen molar-refractivity contribution in [1.29, 1.82) is 0 Å². The summed E-state index contributed by atoms with van der Waals surface area (Å²) in [5, 5.41) is 6.95. The number of piperidine rings is 1. The Morgan fingerprint density at radius 2 is 2.04 bits per heavy atom. The van der Waals surface area contributed by atoms with Gasteiger partial charge in [0.2, 0.25) is 0 Å². The van der Waals surface area contributed by atoms with Gasteiger partial charge >= 0.3 is 0 Å². The van der Waals surface area contributed by atoms with E-state index in [4.69, 9.17) is 0 Å². The highest BCUT2D eigenvalue weighted by atomic mass is 127. The van der Waals surface area contributed by atoms with Crippen LogP contribution in [0.4, 0.5) is 5.82 Å². The van der Waals surface area contributed by atoms with Crippen LogP contribution in [-0.2, 0) is 13.6 Å². The number of aliphatic imine (C=N–C) groups is 1. The van der Waals surface area contributed by atoms with Crippen molar-refractivity contribution < 1.29 is 0 Å². The number of guanidine groups is 1. The molecule has 0 saturated carbocycles. The van der Waals surface area contributed by atoms with E-state index >= 15 is 0 Å². The van der Waals surface area contributed by atoms with Gasteiger partial charge in [0.1, 0.15) is 5.82 Å². The molecule has 0 aromatic carbocycles. The third kappa shape index (κ3) is 5.36. The molecule has 1 aliphatic rings. The third-order valence-corrected chi connectivity index (χ3v) is 4.77. The van der Waals surface area contributed by atoms with Crippen LogP contribution < -0.4 is 15.5 Å². The van der Waals surface area contributed by atoms with Crippen molar-refractivity contribution in [3.05, 3.63) is 47.9 Å². The Morgan fingerprint density at radius 1 is 1.27 bits per heavy atom. The Balaban J connectivity index is 0.00000243. The number of nitrogens with zero attached hydrogens (tertiary/aromatic N) is 4. The lowest BCUT2D eigenvalue weighted by Gasteiger charge is -2.33. The number of nitrogens with one attached hydrogen (secondary N) is 2. The molecule has 7 heteroatoms. The van der Waals surface area contributed by atoms with Gasteiger partial charge < -0.3 is 20.1 Å². The van der Waals surface area contributed by atoms with Crippen molar-refractivity contribution in [3.8, 4) is 0 Å². The molecule has 26 heavy (non-hydrogen) atoms. The number of hydrogen-bond acceptors (Lipinski definition) is 3. The predicted molar refractivity (Wildman–Crippen MR) is 118 cm³/mol. The van der Waals surface area contributed by atoms with Gasteiger partial charge in [-0.2, -0.15) is 0 Å². The first-order valence-corrected chi connectivity index (χ1v) is 8.90. The molecule has 0 atom stereocenters. The SMILES string of the molecule is CN=C(NCc1cccn1C)NC1CCN(c2ccc(C)cn2)CC1.I. The fourth-order valence-electron chi connectivity index (χ4n) is 3.14. The first-order valence-electron chi connectivity index (χ1n) is 8.90. The molecule has 0 amide bonds. The summed E-state index contributed by atoms with van der Waals surface area (Å²) in [5.41, 5.74) is 2.44. The van der Waals surface area contributed by atoms with Crippen molar-refractivity contribution >= 4 is 35.8 Å². The summed E-state index contributed by atoms with van der Waals surface area (Å²) in [6.07, 6.45) is 6.16. The van der Waals surface area contributed by atoms with Crippen molar-refractivity contribution in [3.63, 3.8) is 0 Å². The standard InChI is InChI=1S/C19H28N6.HI/c1-15-6-7-18(21-13-15)25-11-8-16(9-12-25)23-19(20-2)22-14-17-5-4-10-24(17)3;/h4-7,10,13,16H,8-9,11-12,14H2,1-3H3,(H2,20,22,23);1H. The fourth-order valence-corrected chi connectivity index (χ4v) is 3.14. The number of aryl methyl sites for hydroxylation is 2. The Kier molecular flexibility index (Phi) is 7.74. The molecule has 1 saturated heterocycles. The highest BCUT2D eigenvalue weighted by Crippen LogP contribution is 2.18. The minimum absolute atomic E-state index is 0. The molecule has 3 heterocycles. The maximum atomic E-state index is 4.54. The van der Waals surface area contributed by atoms with Crippen LogP contribution in [0.15, 0.2) is 41.7 Å². The number of pyridine rings is 1. The van der Waals surface area contributed by atoms with Crippen molar-refractivity contribution in [2.24, 2.45) is 12.0 Å². The average molecular weight is 468 g/mol. The van der Waals surface area contributed by atoms with E-state index in [2.05, 4.69) is 74.5 Å². The zero-order valence-electron chi connectivity index (χ0n) is 15.8. The lowest BCUT2D eigenvalue weighted by atomic mass is 10.1. The van der Waals surface area contributed by atoms with Crippen LogP contribution in [0.25, 0.3) is 0 Å². The van der Waals surface area contributed by atoms with Crippen LogP contribution >= 0.6 is 24.0 Å². The van der Waals surface area contributed by atoms with Crippen molar-refractivity contribution in [2.75, 3.05) is 25.0 Å². The second-order valence-corrected chi connectivity index (χ2v) is 6.64. The summed E-state index contributed by atoms with van der Waals surface area (Å²) in [4.78, 5) is 11.3. The third-order valence-electron chi connectivity index (χ3n) is 4.77. The average Bonchev–Trinajstić information content (AvgIpc) is 3.05. The maximum absolute atomic E-state index is 4.54. The molecule has 0 radical (unpaired) electrons. The molecule has 1 aliphatic heterocycles. The lowest BCUT2D eigenvalue weighted by Crippen LogP contribution is -2.48. The van der Waals surface area contributed by atoms with E-state index in [0.717, 1.165) is 44.3 Å². The van der Waals surface area contributed by atoms with E-state index in [-0.39, 0.29) is 24.0 Å². The minimum Gasteiger partial charge on any atom is -0.356 e. The Bertz CT molecular complexity index is 701. The number of hydrogen-bond donors (Lipinski definition) is 2. The Labute approximate surface area is 173 Å². The van der Waals surface area contributed by atoms with E-state index in [1.54, 1.807) is 0 Å². The first-order chi connectivity index (χ1) is 12.2. The summed E-state index contributed by atoms with van der Waals surface area (Å²) in [7, 11) is 3.88. The van der Waals surface area contributed by atoms with Crippen LogP contribution in [0.3, 0.4) is 0 Å². The van der Waals surface area contributed by atoms with Gasteiger partial charge in [-0.1, -0.05) is 6.07 Å². The van der Waals surface area contributed by atoms with Gasteiger partial charge in [0.05, 0.1) is 6.54 Å². The Morgan fingerprint density at radius 3 is 2.62 bits per heavy atom. The van der Waals surface area contributed by atoms with E-state index < -0.39 is 0 Å². The van der Waals surface area contributed by atoms with Gasteiger partial charge in [-0.25, -0.2) is 4.98 Å². The summed E-state index contributed by atoms with van der Waals surface area (Å²) < 4.78 is 2.12. The van der Waals surface area contributed by atoms with Gasteiger partial charge in [-0.15, -0.1) is 24.0 Å². The van der Waals surface area contributed by atoms with Gasteiger partial charge in [0, 0.05) is 51.3 Å². The molecule has 0 aliphatic carbocycles. The van der Waals surface area contributed by atoms with E-state index in [9.17, 15) is 0 Å². The second kappa shape index (κ2) is 9.80. The predicted octanol–water partition coefficient (Wildman–Crippen LogP) is 2.68. The number of aromatic nitrogens is 2.